The molecule has 0 saturated carbocycles. The van der Waals surface area contributed by atoms with Crippen LogP contribution in [0.3, 0.4) is 0 Å². The van der Waals surface area contributed by atoms with Crippen LogP contribution in [0, 0.1) is 5.21 Å². The molecule has 3 aromatic rings. The lowest BCUT2D eigenvalue weighted by atomic mass is 10.3. The van der Waals surface area contributed by atoms with Gasteiger partial charge in [0.05, 0.1) is 5.10 Å². The van der Waals surface area contributed by atoms with Crippen molar-refractivity contribution < 1.29 is 4.85 Å². The highest BCUT2D eigenvalue weighted by Crippen LogP contribution is 2.13. The molecule has 0 unspecified atom stereocenters. The van der Waals surface area contributed by atoms with Gasteiger partial charge in [0.2, 0.25) is 11.0 Å². The monoisotopic (exact) mass is 226 g/mol. The first-order valence-corrected chi connectivity index (χ1v) is 5.19. The van der Waals surface area contributed by atoms with Crippen molar-refractivity contribution in [3.05, 3.63) is 53.7 Å². The fourth-order valence-corrected chi connectivity index (χ4v) is 1.75. The Morgan fingerprint density at radius 3 is 2.65 bits per heavy atom. The second-order valence-electron chi connectivity index (χ2n) is 3.75. The third-order valence-corrected chi connectivity index (χ3v) is 2.57. The van der Waals surface area contributed by atoms with E-state index in [-0.39, 0.29) is 0 Å². The summed E-state index contributed by atoms with van der Waals surface area (Å²) in [5, 5.41) is 16.3. The van der Waals surface area contributed by atoms with Crippen LogP contribution in [0.25, 0.3) is 16.7 Å². The van der Waals surface area contributed by atoms with Gasteiger partial charge in [-0.25, -0.2) is 0 Å². The summed E-state index contributed by atoms with van der Waals surface area (Å²) in [5.41, 5.74) is 8.01. The van der Waals surface area contributed by atoms with Crippen LogP contribution in [0.1, 0.15) is 0 Å². The number of nitrogens with zero attached hydrogens (tertiary/aromatic N) is 3. The highest BCUT2D eigenvalue weighted by molar-refractivity contribution is 5.74. The van der Waals surface area contributed by atoms with E-state index in [1.807, 2.05) is 30.3 Å². The van der Waals surface area contributed by atoms with Crippen molar-refractivity contribution in [1.29, 1.82) is 0 Å². The summed E-state index contributed by atoms with van der Waals surface area (Å²) in [6, 6.07) is 14.3. The number of benzene rings is 2. The third-order valence-electron chi connectivity index (χ3n) is 2.57. The van der Waals surface area contributed by atoms with Crippen LogP contribution in [-0.2, 0) is 0 Å². The molecule has 3 rings (SSSR count). The van der Waals surface area contributed by atoms with E-state index in [9.17, 15) is 5.21 Å². The average Bonchev–Trinajstić information content (AvgIpc) is 2.68. The van der Waals surface area contributed by atoms with Gasteiger partial charge >= 0.3 is 0 Å². The van der Waals surface area contributed by atoms with E-state index in [4.69, 9.17) is 5.73 Å². The first-order valence-electron chi connectivity index (χ1n) is 5.19. The second kappa shape index (κ2) is 3.48. The molecule has 0 atom stereocenters. The number of anilines is 1. The zero-order valence-corrected chi connectivity index (χ0v) is 8.95. The van der Waals surface area contributed by atoms with Gasteiger partial charge in [0.15, 0.2) is 0 Å². The highest BCUT2D eigenvalue weighted by Gasteiger charge is 2.15. The summed E-state index contributed by atoms with van der Waals surface area (Å²) in [4.78, 5) is 2.05. The molecule has 0 bridgehead atoms. The zero-order chi connectivity index (χ0) is 11.8. The summed E-state index contributed by atoms with van der Waals surface area (Å²) >= 11 is 0. The van der Waals surface area contributed by atoms with E-state index in [2.05, 4.69) is 5.10 Å². The molecular formula is C12H10N4O. The molecule has 0 aliphatic rings. The molecule has 1 aromatic heterocycles. The summed E-state index contributed by atoms with van der Waals surface area (Å²) in [7, 11) is 0. The maximum Gasteiger partial charge on any atom is 0.250 e. The van der Waals surface area contributed by atoms with Crippen molar-refractivity contribution in [3.8, 4) is 5.69 Å². The molecule has 1 heterocycles. The van der Waals surface area contributed by atoms with E-state index in [0.29, 0.717) is 16.7 Å². The van der Waals surface area contributed by atoms with Crippen molar-refractivity contribution in [2.24, 2.45) is 0 Å². The Bertz CT molecular complexity index is 676. The quantitative estimate of drug-likeness (QED) is 0.385. The minimum Gasteiger partial charge on any atom is -0.692 e. The molecular weight excluding hydrogens is 216 g/mol. The van der Waals surface area contributed by atoms with Gasteiger partial charge in [-0.2, -0.15) is 0 Å². The van der Waals surface area contributed by atoms with Crippen molar-refractivity contribution in [1.82, 2.24) is 9.90 Å². The third kappa shape index (κ3) is 1.48. The zero-order valence-electron chi connectivity index (χ0n) is 8.95. The Kier molecular flexibility index (Phi) is 1.98. The first kappa shape index (κ1) is 9.65. The molecule has 84 valence electrons. The summed E-state index contributed by atoms with van der Waals surface area (Å²) in [6.07, 6.45) is 0. The van der Waals surface area contributed by atoms with Crippen LogP contribution in [0.15, 0.2) is 48.5 Å². The van der Waals surface area contributed by atoms with Crippen LogP contribution >= 0.6 is 0 Å². The minimum absolute atomic E-state index is 0.467. The van der Waals surface area contributed by atoms with Crippen molar-refractivity contribution in [3.63, 3.8) is 0 Å². The molecule has 0 fully saturated rings. The number of para-hydroxylation sites is 1. The maximum atomic E-state index is 12.0. The van der Waals surface area contributed by atoms with Crippen LogP contribution in [0.2, 0.25) is 0 Å². The lowest BCUT2D eigenvalue weighted by molar-refractivity contribution is -0.664. The smallest absolute Gasteiger partial charge is 0.250 e. The molecule has 0 aliphatic heterocycles. The largest absolute Gasteiger partial charge is 0.692 e. The maximum absolute atomic E-state index is 12.0. The molecule has 0 saturated heterocycles. The Morgan fingerprint density at radius 1 is 1.12 bits per heavy atom. The van der Waals surface area contributed by atoms with Crippen LogP contribution in [0.5, 0.6) is 0 Å². The van der Waals surface area contributed by atoms with E-state index in [1.54, 1.807) is 18.2 Å². The highest BCUT2D eigenvalue weighted by atomic mass is 16.5. The lowest BCUT2D eigenvalue weighted by Gasteiger charge is -2.03. The van der Waals surface area contributed by atoms with Gasteiger partial charge in [-0.15, -0.1) is 4.85 Å². The van der Waals surface area contributed by atoms with Crippen molar-refractivity contribution in [2.75, 3.05) is 5.73 Å². The molecule has 2 aromatic carbocycles. The molecule has 5 nitrogen and oxygen atoms in total. The summed E-state index contributed by atoms with van der Waals surface area (Å²) < 4.78 is 0. The average molecular weight is 226 g/mol. The van der Waals surface area contributed by atoms with Crippen LogP contribution < -0.4 is 10.6 Å². The van der Waals surface area contributed by atoms with E-state index >= 15 is 0 Å². The Balaban J connectivity index is 2.28. The number of aromatic nitrogens is 3. The lowest BCUT2D eigenvalue weighted by Crippen LogP contribution is -2.37. The Hall–Kier alpha value is -2.56. The predicted octanol–water partition coefficient (Wildman–Crippen LogP) is 1.24. The molecule has 0 aliphatic carbocycles. The van der Waals surface area contributed by atoms with E-state index < -0.39 is 0 Å². The normalized spacial score (nSPS) is 10.8. The Labute approximate surface area is 97.3 Å². The molecule has 17 heavy (non-hydrogen) atoms. The number of hydrogen-bond donors (Lipinski definition) is 1. The van der Waals surface area contributed by atoms with Gasteiger partial charge in [0, 0.05) is 11.8 Å². The van der Waals surface area contributed by atoms with Crippen molar-refractivity contribution >= 4 is 16.7 Å². The number of nitrogens with two attached hydrogens (primary N) is 1. The van der Waals surface area contributed by atoms with Gasteiger partial charge in [-0.05, 0) is 29.1 Å². The number of hydrogen-bond acceptors (Lipinski definition) is 3. The number of nitrogen functional groups attached to an aromatic ring is 1. The Morgan fingerprint density at radius 2 is 1.88 bits per heavy atom. The van der Waals surface area contributed by atoms with E-state index in [0.717, 1.165) is 10.5 Å². The van der Waals surface area contributed by atoms with Crippen LogP contribution in [-0.4, -0.2) is 9.90 Å². The van der Waals surface area contributed by atoms with Gasteiger partial charge in [-0.3, -0.25) is 0 Å². The minimum atomic E-state index is 0.467. The predicted molar refractivity (Wildman–Crippen MR) is 64.4 cm³/mol. The van der Waals surface area contributed by atoms with Crippen molar-refractivity contribution in [2.45, 2.75) is 0 Å². The molecule has 5 heteroatoms. The van der Waals surface area contributed by atoms with Gasteiger partial charge < -0.3 is 10.9 Å². The number of fused-ring (bicyclic) bond motifs is 1. The fraction of sp³-hybridized carbons (Fsp3) is 0. The number of rotatable bonds is 1. The summed E-state index contributed by atoms with van der Waals surface area (Å²) in [5.74, 6) is 0. The van der Waals surface area contributed by atoms with Gasteiger partial charge in [-0.1, -0.05) is 18.2 Å². The molecule has 2 N–H and O–H groups in total. The first-order chi connectivity index (χ1) is 8.25. The fourth-order valence-electron chi connectivity index (χ4n) is 1.75. The second-order valence-corrected chi connectivity index (χ2v) is 3.75. The van der Waals surface area contributed by atoms with Gasteiger partial charge in [0.25, 0.3) is 0 Å². The topological polar surface area (TPSA) is 70.8 Å². The summed E-state index contributed by atoms with van der Waals surface area (Å²) in [6.45, 7) is 0. The van der Waals surface area contributed by atoms with Crippen LogP contribution in [0.4, 0.5) is 5.69 Å². The SMILES string of the molecule is Nc1ccc2nn(-c3ccccc3)[n+]([O-])c2c1. The van der Waals surface area contributed by atoms with Gasteiger partial charge in [0.1, 0.15) is 5.69 Å². The standard InChI is InChI=1S/C12H10N4O/c13-9-6-7-11-12(8-9)16(17)15(14-11)10-4-2-1-3-5-10/h1-8H,13H2. The molecule has 0 radical (unpaired) electrons. The molecule has 0 amide bonds. The van der Waals surface area contributed by atoms with E-state index in [1.165, 1.54) is 4.80 Å². The molecule has 0 spiro atoms.